The number of aliphatic imine (C=N–C) groups is 1. The van der Waals surface area contributed by atoms with Crippen molar-refractivity contribution in [3.05, 3.63) is 35.7 Å². The number of hydrogen-bond donors (Lipinski definition) is 2. The van der Waals surface area contributed by atoms with Crippen molar-refractivity contribution in [2.45, 2.75) is 13.1 Å². The van der Waals surface area contributed by atoms with Crippen LogP contribution in [-0.4, -0.2) is 54.1 Å². The lowest BCUT2D eigenvalue weighted by Crippen LogP contribution is -2.38. The topological polar surface area (TPSA) is 84.1 Å². The van der Waals surface area contributed by atoms with Crippen LogP contribution >= 0.6 is 24.0 Å². The molecule has 0 aliphatic rings. The van der Waals surface area contributed by atoms with Crippen LogP contribution in [0, 0.1) is 0 Å². The van der Waals surface area contributed by atoms with Crippen molar-refractivity contribution < 1.29 is 14.6 Å². The Labute approximate surface area is 170 Å². The van der Waals surface area contributed by atoms with Crippen molar-refractivity contribution in [1.29, 1.82) is 0 Å². The first-order valence-corrected chi connectivity index (χ1v) is 7.81. The normalized spacial score (nSPS) is 10.9. The van der Waals surface area contributed by atoms with Crippen LogP contribution in [0.15, 0.2) is 29.5 Å². The molecule has 0 atom stereocenters. The van der Waals surface area contributed by atoms with Gasteiger partial charge in [0.15, 0.2) is 17.5 Å². The second-order valence-electron chi connectivity index (χ2n) is 5.63. The maximum atomic E-state index is 9.98. The molecule has 1 heterocycles. The van der Waals surface area contributed by atoms with Crippen LogP contribution in [0.1, 0.15) is 11.1 Å². The number of benzene rings is 1. The lowest BCUT2D eigenvalue weighted by atomic mass is 10.2. The molecule has 0 saturated heterocycles. The summed E-state index contributed by atoms with van der Waals surface area (Å²) in [5.74, 6) is 1.48. The van der Waals surface area contributed by atoms with Gasteiger partial charge in [0.1, 0.15) is 0 Å². The Morgan fingerprint density at radius 3 is 2.35 bits per heavy atom. The molecule has 0 saturated carbocycles. The highest BCUT2D eigenvalue weighted by molar-refractivity contribution is 14.0. The van der Waals surface area contributed by atoms with Crippen molar-refractivity contribution >= 4 is 29.9 Å². The molecule has 2 N–H and O–H groups in total. The third-order valence-corrected chi connectivity index (χ3v) is 3.74. The quantitative estimate of drug-likeness (QED) is 0.378. The van der Waals surface area contributed by atoms with Crippen molar-refractivity contribution in [2.75, 3.05) is 28.3 Å². The molecule has 26 heavy (non-hydrogen) atoms. The summed E-state index contributed by atoms with van der Waals surface area (Å²) in [5.41, 5.74) is 2.00. The van der Waals surface area contributed by atoms with Gasteiger partial charge in [0.25, 0.3) is 0 Å². The fourth-order valence-corrected chi connectivity index (χ4v) is 2.52. The molecule has 0 bridgehead atoms. The summed E-state index contributed by atoms with van der Waals surface area (Å²) in [4.78, 5) is 6.31. The largest absolute Gasteiger partial charge is 0.502 e. The number of aryl methyl sites for hydroxylation is 1. The van der Waals surface area contributed by atoms with Gasteiger partial charge in [0, 0.05) is 46.0 Å². The van der Waals surface area contributed by atoms with Gasteiger partial charge in [-0.05, 0) is 17.7 Å². The zero-order chi connectivity index (χ0) is 18.4. The van der Waals surface area contributed by atoms with E-state index in [1.807, 2.05) is 31.4 Å². The maximum Gasteiger partial charge on any atom is 0.200 e. The zero-order valence-corrected chi connectivity index (χ0v) is 18.0. The fourth-order valence-electron chi connectivity index (χ4n) is 2.52. The number of guanidine groups is 1. The Hall–Kier alpha value is -2.17. The summed E-state index contributed by atoms with van der Waals surface area (Å²) in [7, 11) is 8.60. The summed E-state index contributed by atoms with van der Waals surface area (Å²) in [6.45, 7) is 1.20. The molecule has 2 aromatic rings. The number of phenolic OH excluding ortho intramolecular Hbond substituents is 1. The average molecular weight is 475 g/mol. The lowest BCUT2D eigenvalue weighted by molar-refractivity contribution is 0.339. The Kier molecular flexibility index (Phi) is 8.49. The van der Waals surface area contributed by atoms with Crippen LogP contribution in [0.25, 0.3) is 0 Å². The number of nitrogens with zero attached hydrogens (tertiary/aromatic N) is 4. The smallest absolute Gasteiger partial charge is 0.200 e. The number of halogens is 1. The standard InChI is InChI=1S/C17H25N5O3.HI/c1-18-17(21(2)10-13-9-20-22(3)11-13)19-8-12-6-14(24-4)16(23)15(7-12)25-5;/h6-7,9,11,23H,8,10H2,1-5H3,(H,18,19);1H. The average Bonchev–Trinajstić information content (AvgIpc) is 3.01. The highest BCUT2D eigenvalue weighted by atomic mass is 127. The minimum absolute atomic E-state index is 0. The summed E-state index contributed by atoms with van der Waals surface area (Å²) >= 11 is 0. The number of nitrogens with one attached hydrogen (secondary N) is 1. The zero-order valence-electron chi connectivity index (χ0n) is 15.7. The number of aromatic hydroxyl groups is 1. The molecule has 0 aliphatic heterocycles. The Morgan fingerprint density at radius 2 is 1.88 bits per heavy atom. The molecule has 0 amide bonds. The van der Waals surface area contributed by atoms with Crippen LogP contribution in [0.3, 0.4) is 0 Å². The molecule has 1 aromatic heterocycles. The maximum absolute atomic E-state index is 9.98. The number of aromatic nitrogens is 2. The van der Waals surface area contributed by atoms with E-state index in [1.165, 1.54) is 14.2 Å². The second-order valence-corrected chi connectivity index (χ2v) is 5.63. The molecule has 0 spiro atoms. The Morgan fingerprint density at radius 1 is 1.27 bits per heavy atom. The van der Waals surface area contributed by atoms with E-state index in [-0.39, 0.29) is 29.7 Å². The van der Waals surface area contributed by atoms with Gasteiger partial charge in [-0.25, -0.2) is 0 Å². The molecule has 8 nitrogen and oxygen atoms in total. The van der Waals surface area contributed by atoms with E-state index in [9.17, 15) is 5.11 Å². The van der Waals surface area contributed by atoms with Gasteiger partial charge in [0.05, 0.1) is 20.4 Å². The first kappa shape index (κ1) is 21.9. The molecule has 2 rings (SSSR count). The lowest BCUT2D eigenvalue weighted by Gasteiger charge is -2.22. The van der Waals surface area contributed by atoms with Crippen LogP contribution in [0.2, 0.25) is 0 Å². The van der Waals surface area contributed by atoms with E-state index in [0.29, 0.717) is 24.6 Å². The third kappa shape index (κ3) is 5.41. The summed E-state index contributed by atoms with van der Waals surface area (Å²) in [5, 5.41) is 17.4. The summed E-state index contributed by atoms with van der Waals surface area (Å²) < 4.78 is 12.1. The van der Waals surface area contributed by atoms with Crippen molar-refractivity contribution in [3.8, 4) is 17.2 Å². The predicted molar refractivity (Wildman–Crippen MR) is 111 cm³/mol. The molecule has 9 heteroatoms. The number of hydrogen-bond acceptors (Lipinski definition) is 5. The molecular weight excluding hydrogens is 449 g/mol. The number of methoxy groups -OCH3 is 2. The van der Waals surface area contributed by atoms with Gasteiger partial charge in [-0.2, -0.15) is 5.10 Å². The van der Waals surface area contributed by atoms with E-state index in [0.717, 1.165) is 17.1 Å². The van der Waals surface area contributed by atoms with Crippen molar-refractivity contribution in [3.63, 3.8) is 0 Å². The highest BCUT2D eigenvalue weighted by Crippen LogP contribution is 2.36. The second kappa shape index (κ2) is 10.1. The fraction of sp³-hybridized carbons (Fsp3) is 0.412. The highest BCUT2D eigenvalue weighted by Gasteiger charge is 2.13. The SMILES string of the molecule is CN=C(NCc1cc(OC)c(O)c(OC)c1)N(C)Cc1cnn(C)c1.I. The molecule has 0 unspecified atom stereocenters. The van der Waals surface area contributed by atoms with Crippen LogP contribution in [0.4, 0.5) is 0 Å². The third-order valence-electron chi connectivity index (χ3n) is 3.74. The molecule has 144 valence electrons. The van der Waals surface area contributed by atoms with Gasteiger partial charge in [-0.1, -0.05) is 0 Å². The van der Waals surface area contributed by atoms with E-state index < -0.39 is 0 Å². The molecule has 0 aliphatic carbocycles. The van der Waals surface area contributed by atoms with Crippen LogP contribution < -0.4 is 14.8 Å². The molecule has 1 aromatic carbocycles. The summed E-state index contributed by atoms with van der Waals surface area (Å²) in [6.07, 6.45) is 3.80. The monoisotopic (exact) mass is 475 g/mol. The minimum atomic E-state index is -0.00757. The Bertz CT molecular complexity index is 723. The van der Waals surface area contributed by atoms with Crippen LogP contribution in [-0.2, 0) is 20.1 Å². The van der Waals surface area contributed by atoms with Crippen LogP contribution in [0.5, 0.6) is 17.2 Å². The van der Waals surface area contributed by atoms with Crippen molar-refractivity contribution in [1.82, 2.24) is 20.0 Å². The summed E-state index contributed by atoms with van der Waals surface area (Å²) in [6, 6.07) is 3.53. The van der Waals surface area contributed by atoms with Crippen molar-refractivity contribution in [2.24, 2.45) is 12.0 Å². The van der Waals surface area contributed by atoms with E-state index >= 15 is 0 Å². The molecular formula is C17H26IN5O3. The first-order chi connectivity index (χ1) is 12.0. The number of ether oxygens (including phenoxy) is 2. The van der Waals surface area contributed by atoms with E-state index in [2.05, 4.69) is 15.4 Å². The first-order valence-electron chi connectivity index (χ1n) is 7.81. The van der Waals surface area contributed by atoms with Gasteiger partial charge >= 0.3 is 0 Å². The number of phenols is 1. The van der Waals surface area contributed by atoms with E-state index in [1.54, 1.807) is 23.9 Å². The van der Waals surface area contributed by atoms with Gasteiger partial charge in [-0.15, -0.1) is 24.0 Å². The van der Waals surface area contributed by atoms with E-state index in [4.69, 9.17) is 9.47 Å². The van der Waals surface area contributed by atoms with Gasteiger partial charge in [-0.3, -0.25) is 9.67 Å². The molecule has 0 radical (unpaired) electrons. The number of rotatable bonds is 6. The van der Waals surface area contributed by atoms with Gasteiger partial charge < -0.3 is 24.8 Å². The minimum Gasteiger partial charge on any atom is -0.502 e. The van der Waals surface area contributed by atoms with Gasteiger partial charge in [0.2, 0.25) is 5.75 Å². The Balaban J connectivity index is 0.00000338. The molecule has 0 fully saturated rings. The predicted octanol–water partition coefficient (Wildman–Crippen LogP) is 1.97.